The lowest BCUT2D eigenvalue weighted by Crippen LogP contribution is -2.36. The van der Waals surface area contributed by atoms with E-state index < -0.39 is 0 Å². The zero-order valence-corrected chi connectivity index (χ0v) is 8.32. The second-order valence-electron chi connectivity index (χ2n) is 3.46. The molecule has 0 N–H and O–H groups in total. The third-order valence-electron chi connectivity index (χ3n) is 2.12. The van der Waals surface area contributed by atoms with E-state index in [4.69, 9.17) is 4.74 Å². The van der Waals surface area contributed by atoms with E-state index in [2.05, 4.69) is 5.32 Å². The highest BCUT2D eigenvalue weighted by atomic mass is 16.5. The maximum Gasteiger partial charge on any atom is 0.222 e. The zero-order valence-electron chi connectivity index (χ0n) is 8.32. The van der Waals surface area contributed by atoms with Crippen LogP contribution >= 0.6 is 0 Å². The van der Waals surface area contributed by atoms with Gasteiger partial charge in [-0.05, 0) is 6.42 Å². The second-order valence-corrected chi connectivity index (χ2v) is 3.46. The number of morpholine rings is 1. The van der Waals surface area contributed by atoms with Crippen molar-refractivity contribution < 1.29 is 9.53 Å². The predicted octanol–water partition coefficient (Wildman–Crippen LogP) is -0.142. The molecule has 0 spiro atoms. The quantitative estimate of drug-likeness (QED) is 0.614. The topological polar surface area (TPSA) is 43.6 Å². The Hall–Kier alpha value is -0.610. The summed E-state index contributed by atoms with van der Waals surface area (Å²) in [5.41, 5.74) is 0. The summed E-state index contributed by atoms with van der Waals surface area (Å²) in [5, 5.41) is 4.36. The Kier molecular flexibility index (Phi) is 4.18. The van der Waals surface area contributed by atoms with Gasteiger partial charge in [-0.15, -0.1) is 0 Å². The average molecular weight is 185 g/mol. The molecule has 1 rings (SSSR count). The molecule has 1 aliphatic heterocycles. The summed E-state index contributed by atoms with van der Waals surface area (Å²) in [6.07, 6.45) is 1.39. The van der Waals surface area contributed by atoms with Crippen LogP contribution in [-0.4, -0.2) is 50.7 Å². The number of amides is 1. The first-order valence-electron chi connectivity index (χ1n) is 4.64. The summed E-state index contributed by atoms with van der Waals surface area (Å²) in [7, 11) is 3.55. The van der Waals surface area contributed by atoms with Gasteiger partial charge in [0.1, 0.15) is 0 Å². The molecule has 0 aromatic heterocycles. The van der Waals surface area contributed by atoms with Crippen molar-refractivity contribution in [2.45, 2.75) is 18.9 Å². The molecule has 1 aliphatic rings. The summed E-state index contributed by atoms with van der Waals surface area (Å²) >= 11 is 0. The van der Waals surface area contributed by atoms with Crippen molar-refractivity contribution in [3.05, 3.63) is 0 Å². The number of nitrogens with zero attached hydrogens (tertiary/aromatic N) is 2. The molecule has 1 atom stereocenters. The van der Waals surface area contributed by atoms with Crippen LogP contribution in [0.15, 0.2) is 0 Å². The van der Waals surface area contributed by atoms with Crippen LogP contribution in [0.2, 0.25) is 0 Å². The smallest absolute Gasteiger partial charge is 0.222 e. The van der Waals surface area contributed by atoms with E-state index in [-0.39, 0.29) is 11.9 Å². The third kappa shape index (κ3) is 3.74. The minimum Gasteiger partial charge on any atom is -0.378 e. The molecule has 1 amide bonds. The summed E-state index contributed by atoms with van der Waals surface area (Å²) in [6.45, 7) is 2.19. The molecule has 1 saturated heterocycles. The Morgan fingerprint density at radius 3 is 2.92 bits per heavy atom. The fraction of sp³-hybridized carbons (Fsp3) is 0.889. The Morgan fingerprint density at radius 2 is 2.38 bits per heavy atom. The van der Waals surface area contributed by atoms with Gasteiger partial charge in [-0.2, -0.15) is 0 Å². The predicted molar refractivity (Wildman–Crippen MR) is 49.5 cm³/mol. The first-order valence-corrected chi connectivity index (χ1v) is 4.64. The van der Waals surface area contributed by atoms with E-state index >= 15 is 0 Å². The molecule has 1 radical (unpaired) electrons. The molecule has 4 heteroatoms. The van der Waals surface area contributed by atoms with E-state index in [1.807, 2.05) is 0 Å². The number of rotatable bonds is 3. The largest absolute Gasteiger partial charge is 0.378 e. The molecule has 0 bridgehead atoms. The van der Waals surface area contributed by atoms with Gasteiger partial charge >= 0.3 is 0 Å². The molecular weight excluding hydrogens is 168 g/mol. The minimum atomic E-state index is 0.167. The Morgan fingerprint density at radius 1 is 1.62 bits per heavy atom. The van der Waals surface area contributed by atoms with Crippen LogP contribution in [0.5, 0.6) is 0 Å². The lowest BCUT2D eigenvalue weighted by molar-refractivity contribution is -0.129. The number of carbonyl (C=O) groups excluding carboxylic acids is 1. The van der Waals surface area contributed by atoms with Crippen LogP contribution in [0.25, 0.3) is 0 Å². The highest BCUT2D eigenvalue weighted by Crippen LogP contribution is 2.04. The van der Waals surface area contributed by atoms with Gasteiger partial charge in [-0.1, -0.05) is 0 Å². The van der Waals surface area contributed by atoms with E-state index in [0.29, 0.717) is 13.0 Å². The van der Waals surface area contributed by atoms with Crippen LogP contribution < -0.4 is 5.32 Å². The molecule has 1 heterocycles. The molecule has 0 saturated carbocycles. The summed E-state index contributed by atoms with van der Waals surface area (Å²) in [4.78, 5) is 12.8. The number of carbonyl (C=O) groups is 1. The molecule has 4 nitrogen and oxygen atoms in total. The highest BCUT2D eigenvalue weighted by molar-refractivity contribution is 5.75. The molecule has 75 valence electrons. The molecule has 0 aromatic rings. The molecule has 0 aromatic carbocycles. The maximum absolute atomic E-state index is 11.2. The number of ether oxygens (including phenoxy) is 1. The van der Waals surface area contributed by atoms with Gasteiger partial charge < -0.3 is 9.64 Å². The highest BCUT2D eigenvalue weighted by Gasteiger charge is 2.15. The van der Waals surface area contributed by atoms with Crippen LogP contribution in [0, 0.1) is 0 Å². The van der Waals surface area contributed by atoms with Crippen molar-refractivity contribution in [1.82, 2.24) is 10.2 Å². The molecular formula is C9H17N2O2. The van der Waals surface area contributed by atoms with E-state index in [1.54, 1.807) is 19.0 Å². The van der Waals surface area contributed by atoms with Crippen molar-refractivity contribution >= 4 is 5.91 Å². The fourth-order valence-corrected chi connectivity index (χ4v) is 1.26. The Balaban J connectivity index is 2.13. The standard InChI is InChI=1S/C9H17N2O2/c1-11(2)9(12)4-3-8-7-13-6-5-10-8/h8H,3-7H2,1-2H3. The first-order chi connectivity index (χ1) is 6.20. The van der Waals surface area contributed by atoms with Crippen molar-refractivity contribution in [3.63, 3.8) is 0 Å². The van der Waals surface area contributed by atoms with Crippen LogP contribution in [0.1, 0.15) is 12.8 Å². The van der Waals surface area contributed by atoms with Crippen molar-refractivity contribution in [2.24, 2.45) is 0 Å². The van der Waals surface area contributed by atoms with Crippen LogP contribution in [-0.2, 0) is 9.53 Å². The summed E-state index contributed by atoms with van der Waals surface area (Å²) in [5.74, 6) is 0.167. The van der Waals surface area contributed by atoms with E-state index in [0.717, 1.165) is 19.6 Å². The number of hydrogen-bond acceptors (Lipinski definition) is 2. The monoisotopic (exact) mass is 185 g/mol. The van der Waals surface area contributed by atoms with Gasteiger partial charge in [-0.25, -0.2) is 5.32 Å². The zero-order chi connectivity index (χ0) is 9.68. The average Bonchev–Trinajstić information content (AvgIpc) is 2.15. The van der Waals surface area contributed by atoms with Gasteiger partial charge in [0, 0.05) is 33.1 Å². The first kappa shape index (κ1) is 10.5. The van der Waals surface area contributed by atoms with Crippen LogP contribution in [0.4, 0.5) is 0 Å². The summed E-state index contributed by atoms with van der Waals surface area (Å²) < 4.78 is 5.26. The molecule has 1 unspecified atom stereocenters. The Labute approximate surface area is 79.2 Å². The Bertz CT molecular complexity index is 165. The molecule has 13 heavy (non-hydrogen) atoms. The van der Waals surface area contributed by atoms with E-state index in [1.165, 1.54) is 0 Å². The van der Waals surface area contributed by atoms with Gasteiger partial charge in [0.05, 0.1) is 13.2 Å². The molecule has 0 aliphatic carbocycles. The number of hydrogen-bond donors (Lipinski definition) is 0. The SMILES string of the molecule is CN(C)C(=O)CCC1COCC[N]1. The van der Waals surface area contributed by atoms with Gasteiger partial charge in [0.2, 0.25) is 5.91 Å². The van der Waals surface area contributed by atoms with Crippen LogP contribution in [0.3, 0.4) is 0 Å². The lowest BCUT2D eigenvalue weighted by Gasteiger charge is -2.22. The van der Waals surface area contributed by atoms with Gasteiger partial charge in [0.15, 0.2) is 0 Å². The summed E-state index contributed by atoms with van der Waals surface area (Å²) in [6, 6.07) is 0.234. The van der Waals surface area contributed by atoms with Gasteiger partial charge in [-0.3, -0.25) is 4.79 Å². The van der Waals surface area contributed by atoms with E-state index in [9.17, 15) is 4.79 Å². The lowest BCUT2D eigenvalue weighted by atomic mass is 10.1. The normalized spacial score (nSPS) is 22.8. The van der Waals surface area contributed by atoms with Crippen molar-refractivity contribution in [1.29, 1.82) is 0 Å². The fourth-order valence-electron chi connectivity index (χ4n) is 1.26. The molecule has 1 fully saturated rings. The van der Waals surface area contributed by atoms with Crippen molar-refractivity contribution in [3.8, 4) is 0 Å². The van der Waals surface area contributed by atoms with Crippen molar-refractivity contribution in [2.75, 3.05) is 33.9 Å². The second kappa shape index (κ2) is 5.19. The third-order valence-corrected chi connectivity index (χ3v) is 2.12. The minimum absolute atomic E-state index is 0.167. The maximum atomic E-state index is 11.2. The van der Waals surface area contributed by atoms with Gasteiger partial charge in [0.25, 0.3) is 0 Å².